The van der Waals surface area contributed by atoms with Crippen molar-refractivity contribution in [2.45, 2.75) is 6.61 Å². The average molecular weight is 241 g/mol. The summed E-state index contributed by atoms with van der Waals surface area (Å²) in [6, 6.07) is 12.4. The quantitative estimate of drug-likeness (QED) is 0.608. The first-order valence-corrected chi connectivity index (χ1v) is 5.42. The fourth-order valence-electron chi connectivity index (χ4n) is 1.48. The van der Waals surface area contributed by atoms with Crippen LogP contribution in [0.3, 0.4) is 0 Å². The van der Waals surface area contributed by atoms with Crippen LogP contribution in [0.5, 0.6) is 0 Å². The van der Waals surface area contributed by atoms with Crippen LogP contribution < -0.4 is 0 Å². The van der Waals surface area contributed by atoms with E-state index in [1.165, 1.54) is 12.3 Å². The second kappa shape index (κ2) is 5.72. The van der Waals surface area contributed by atoms with Gasteiger partial charge in [-0.1, -0.05) is 30.3 Å². The van der Waals surface area contributed by atoms with E-state index in [0.717, 1.165) is 5.56 Å². The van der Waals surface area contributed by atoms with E-state index in [1.807, 2.05) is 30.3 Å². The molecule has 0 bridgehead atoms. The first kappa shape index (κ1) is 12.0. The van der Waals surface area contributed by atoms with Gasteiger partial charge in [0.25, 0.3) is 0 Å². The minimum Gasteiger partial charge on any atom is -0.457 e. The molecular weight excluding hydrogens is 230 g/mol. The molecule has 0 spiro atoms. The molecule has 2 aromatic rings. The van der Waals surface area contributed by atoms with E-state index in [-0.39, 0.29) is 17.9 Å². The van der Waals surface area contributed by atoms with Gasteiger partial charge >= 0.3 is 5.97 Å². The largest absolute Gasteiger partial charge is 0.457 e. The van der Waals surface area contributed by atoms with E-state index < -0.39 is 5.97 Å². The molecule has 0 aliphatic rings. The van der Waals surface area contributed by atoms with Crippen LogP contribution in [-0.2, 0) is 11.3 Å². The third-order valence-electron chi connectivity index (χ3n) is 2.38. The highest BCUT2D eigenvalue weighted by atomic mass is 16.5. The van der Waals surface area contributed by atoms with Gasteiger partial charge < -0.3 is 4.74 Å². The number of benzene rings is 1. The Morgan fingerprint density at radius 1 is 1.17 bits per heavy atom. The molecule has 0 aliphatic carbocycles. The van der Waals surface area contributed by atoms with Gasteiger partial charge in [0.2, 0.25) is 0 Å². The zero-order valence-electron chi connectivity index (χ0n) is 9.58. The van der Waals surface area contributed by atoms with Gasteiger partial charge in [0.05, 0.1) is 5.56 Å². The fraction of sp³-hybridized carbons (Fsp3) is 0.0714. The van der Waals surface area contributed by atoms with Gasteiger partial charge in [-0.3, -0.25) is 9.78 Å². The molecule has 4 nitrogen and oxygen atoms in total. The van der Waals surface area contributed by atoms with E-state index in [9.17, 15) is 9.59 Å². The van der Waals surface area contributed by atoms with Crippen molar-refractivity contribution >= 4 is 12.3 Å². The van der Waals surface area contributed by atoms with E-state index in [0.29, 0.717) is 6.29 Å². The highest BCUT2D eigenvalue weighted by Crippen LogP contribution is 2.08. The van der Waals surface area contributed by atoms with Crippen molar-refractivity contribution in [1.82, 2.24) is 4.98 Å². The Bertz CT molecular complexity index is 552. The Labute approximate surface area is 104 Å². The molecule has 0 unspecified atom stereocenters. The highest BCUT2D eigenvalue weighted by molar-refractivity contribution is 5.96. The standard InChI is InChI=1S/C14H11NO3/c16-9-13-12(7-4-8-15-13)14(17)18-10-11-5-2-1-3-6-11/h1-9H,10H2. The smallest absolute Gasteiger partial charge is 0.340 e. The molecule has 0 N–H and O–H groups in total. The van der Waals surface area contributed by atoms with Gasteiger partial charge in [0, 0.05) is 6.20 Å². The number of esters is 1. The molecule has 4 heteroatoms. The Balaban J connectivity index is 2.06. The minimum atomic E-state index is -0.547. The summed E-state index contributed by atoms with van der Waals surface area (Å²) in [7, 11) is 0. The molecule has 18 heavy (non-hydrogen) atoms. The molecule has 1 heterocycles. The van der Waals surface area contributed by atoms with Crippen molar-refractivity contribution < 1.29 is 14.3 Å². The highest BCUT2D eigenvalue weighted by Gasteiger charge is 2.12. The summed E-state index contributed by atoms with van der Waals surface area (Å²) in [4.78, 5) is 26.3. The molecule has 2 rings (SSSR count). The Hall–Kier alpha value is -2.49. The minimum absolute atomic E-state index is 0.0931. The number of pyridine rings is 1. The second-order valence-electron chi connectivity index (χ2n) is 3.62. The predicted octanol–water partition coefficient (Wildman–Crippen LogP) is 2.25. The topological polar surface area (TPSA) is 56.3 Å². The summed E-state index contributed by atoms with van der Waals surface area (Å²) < 4.78 is 5.12. The number of aromatic nitrogens is 1. The molecule has 0 radical (unpaired) electrons. The predicted molar refractivity (Wildman–Crippen MR) is 65.2 cm³/mol. The van der Waals surface area contributed by atoms with Crippen molar-refractivity contribution in [3.8, 4) is 0 Å². The number of hydrogen-bond donors (Lipinski definition) is 0. The third kappa shape index (κ3) is 2.79. The normalized spacial score (nSPS) is 9.78. The first-order valence-electron chi connectivity index (χ1n) is 5.42. The Morgan fingerprint density at radius 3 is 2.67 bits per heavy atom. The number of carbonyl (C=O) groups is 2. The second-order valence-corrected chi connectivity index (χ2v) is 3.62. The Kier molecular flexibility index (Phi) is 3.81. The van der Waals surface area contributed by atoms with Crippen LogP contribution in [-0.4, -0.2) is 17.2 Å². The van der Waals surface area contributed by atoms with E-state index in [1.54, 1.807) is 6.07 Å². The monoisotopic (exact) mass is 241 g/mol. The van der Waals surface area contributed by atoms with Crippen LogP contribution in [0.4, 0.5) is 0 Å². The molecule has 0 saturated heterocycles. The van der Waals surface area contributed by atoms with E-state index in [4.69, 9.17) is 4.74 Å². The lowest BCUT2D eigenvalue weighted by atomic mass is 10.2. The third-order valence-corrected chi connectivity index (χ3v) is 2.38. The molecule has 0 amide bonds. The molecule has 0 fully saturated rings. The molecule has 0 saturated carbocycles. The van der Waals surface area contributed by atoms with Gasteiger partial charge in [-0.25, -0.2) is 4.79 Å². The van der Waals surface area contributed by atoms with Crippen molar-refractivity contribution in [1.29, 1.82) is 0 Å². The van der Waals surface area contributed by atoms with Gasteiger partial charge in [0.1, 0.15) is 12.3 Å². The number of rotatable bonds is 4. The van der Waals surface area contributed by atoms with Gasteiger partial charge in [0.15, 0.2) is 6.29 Å². The Morgan fingerprint density at radius 2 is 1.94 bits per heavy atom. The summed E-state index contributed by atoms with van der Waals surface area (Å²) >= 11 is 0. The maximum atomic E-state index is 11.8. The van der Waals surface area contributed by atoms with Crippen LogP contribution in [0.2, 0.25) is 0 Å². The number of nitrogens with zero attached hydrogens (tertiary/aromatic N) is 1. The number of carbonyl (C=O) groups excluding carboxylic acids is 2. The summed E-state index contributed by atoms with van der Waals surface area (Å²) in [5, 5.41) is 0. The summed E-state index contributed by atoms with van der Waals surface area (Å²) in [5.41, 5.74) is 1.17. The lowest BCUT2D eigenvalue weighted by molar-refractivity contribution is 0.0470. The van der Waals surface area contributed by atoms with Gasteiger partial charge in [-0.05, 0) is 17.7 Å². The maximum Gasteiger partial charge on any atom is 0.340 e. The molecule has 1 aromatic heterocycles. The van der Waals surface area contributed by atoms with Crippen molar-refractivity contribution in [2.75, 3.05) is 0 Å². The first-order chi connectivity index (χ1) is 8.81. The van der Waals surface area contributed by atoms with Crippen LogP contribution in [0, 0.1) is 0 Å². The maximum absolute atomic E-state index is 11.8. The molecule has 1 aromatic carbocycles. The zero-order valence-corrected chi connectivity index (χ0v) is 9.58. The van der Waals surface area contributed by atoms with Crippen LogP contribution >= 0.6 is 0 Å². The molecular formula is C14H11NO3. The number of hydrogen-bond acceptors (Lipinski definition) is 4. The summed E-state index contributed by atoms with van der Waals surface area (Å²) in [6.45, 7) is 0.173. The lowest BCUT2D eigenvalue weighted by Crippen LogP contribution is -2.09. The van der Waals surface area contributed by atoms with Crippen molar-refractivity contribution in [2.24, 2.45) is 0 Å². The average Bonchev–Trinajstić information content (AvgIpc) is 2.45. The fourth-order valence-corrected chi connectivity index (χ4v) is 1.48. The van der Waals surface area contributed by atoms with Crippen LogP contribution in [0.1, 0.15) is 26.4 Å². The molecule has 0 aliphatic heterocycles. The summed E-state index contributed by atoms with van der Waals surface area (Å²) in [6.07, 6.45) is 2.00. The molecule has 0 atom stereocenters. The van der Waals surface area contributed by atoms with E-state index in [2.05, 4.69) is 4.98 Å². The van der Waals surface area contributed by atoms with Crippen LogP contribution in [0.15, 0.2) is 48.7 Å². The van der Waals surface area contributed by atoms with E-state index >= 15 is 0 Å². The lowest BCUT2D eigenvalue weighted by Gasteiger charge is -2.05. The summed E-state index contributed by atoms with van der Waals surface area (Å²) in [5.74, 6) is -0.547. The molecule has 90 valence electrons. The van der Waals surface area contributed by atoms with Crippen LogP contribution in [0.25, 0.3) is 0 Å². The van der Waals surface area contributed by atoms with Gasteiger partial charge in [-0.2, -0.15) is 0 Å². The number of ether oxygens (including phenoxy) is 1. The van der Waals surface area contributed by atoms with Crippen molar-refractivity contribution in [3.63, 3.8) is 0 Å². The number of aldehydes is 1. The SMILES string of the molecule is O=Cc1ncccc1C(=O)OCc1ccccc1. The van der Waals surface area contributed by atoms with Gasteiger partial charge in [-0.15, -0.1) is 0 Å². The van der Waals surface area contributed by atoms with Crippen molar-refractivity contribution in [3.05, 3.63) is 65.5 Å². The zero-order chi connectivity index (χ0) is 12.8.